The number of hydrogen-bond donors (Lipinski definition) is 1. The van der Waals surface area contributed by atoms with Crippen LogP contribution >= 0.6 is 0 Å². The number of phenolic OH excluding ortho intramolecular Hbond substituents is 1. The number of hydrogen-bond acceptors (Lipinski definition) is 1. The molecule has 0 bridgehead atoms. The molecule has 0 spiro atoms. The summed E-state index contributed by atoms with van der Waals surface area (Å²) in [4.78, 5) is 0. The Bertz CT molecular complexity index is 840. The SMILES string of the molecule is CC(C)c1ccc(-c2ccc(O)c(-c3ccc(C(C)C)cc3)c2)cc1. The molecule has 1 heteroatoms. The van der Waals surface area contributed by atoms with Crippen LogP contribution in [-0.2, 0) is 0 Å². The predicted molar refractivity (Wildman–Crippen MR) is 107 cm³/mol. The molecule has 0 saturated carbocycles. The highest BCUT2D eigenvalue weighted by Gasteiger charge is 2.08. The van der Waals surface area contributed by atoms with E-state index in [0.29, 0.717) is 17.6 Å². The Labute approximate surface area is 151 Å². The van der Waals surface area contributed by atoms with Crippen LogP contribution in [0, 0.1) is 0 Å². The lowest BCUT2D eigenvalue weighted by Crippen LogP contribution is -1.89. The van der Waals surface area contributed by atoms with Crippen molar-refractivity contribution in [3.63, 3.8) is 0 Å². The van der Waals surface area contributed by atoms with Gasteiger partial charge in [0, 0.05) is 5.56 Å². The first kappa shape index (κ1) is 17.3. The molecule has 25 heavy (non-hydrogen) atoms. The average Bonchev–Trinajstić information content (AvgIpc) is 2.62. The molecule has 0 atom stereocenters. The molecule has 1 N–H and O–H groups in total. The molecule has 0 unspecified atom stereocenters. The Kier molecular flexibility index (Phi) is 4.94. The fraction of sp³-hybridized carbons (Fsp3) is 0.250. The summed E-state index contributed by atoms with van der Waals surface area (Å²) >= 11 is 0. The van der Waals surface area contributed by atoms with Crippen LogP contribution < -0.4 is 0 Å². The second kappa shape index (κ2) is 7.14. The third-order valence-corrected chi connectivity index (χ3v) is 4.80. The van der Waals surface area contributed by atoms with Gasteiger partial charge in [-0.2, -0.15) is 0 Å². The average molecular weight is 330 g/mol. The van der Waals surface area contributed by atoms with Crippen LogP contribution in [0.5, 0.6) is 5.75 Å². The molecule has 0 aliphatic carbocycles. The molecule has 0 fully saturated rings. The van der Waals surface area contributed by atoms with Gasteiger partial charge in [-0.05, 0) is 51.8 Å². The molecular weight excluding hydrogens is 304 g/mol. The lowest BCUT2D eigenvalue weighted by atomic mass is 9.94. The van der Waals surface area contributed by atoms with Gasteiger partial charge in [0.2, 0.25) is 0 Å². The summed E-state index contributed by atoms with van der Waals surface area (Å²) in [5, 5.41) is 10.3. The molecule has 0 radical (unpaired) electrons. The fourth-order valence-electron chi connectivity index (χ4n) is 3.05. The van der Waals surface area contributed by atoms with Gasteiger partial charge in [-0.15, -0.1) is 0 Å². The zero-order chi connectivity index (χ0) is 18.0. The minimum atomic E-state index is 0.319. The minimum Gasteiger partial charge on any atom is -0.507 e. The highest BCUT2D eigenvalue weighted by Crippen LogP contribution is 2.34. The summed E-state index contributed by atoms with van der Waals surface area (Å²) in [5.41, 5.74) is 6.86. The molecule has 3 aromatic rings. The topological polar surface area (TPSA) is 20.2 Å². The molecule has 0 heterocycles. The van der Waals surface area contributed by atoms with Gasteiger partial charge in [0.1, 0.15) is 5.75 Å². The summed E-state index contributed by atoms with van der Waals surface area (Å²) in [5.74, 6) is 1.36. The van der Waals surface area contributed by atoms with Crippen LogP contribution in [0.3, 0.4) is 0 Å². The van der Waals surface area contributed by atoms with E-state index < -0.39 is 0 Å². The Morgan fingerprint density at radius 1 is 0.560 bits per heavy atom. The second-order valence-corrected chi connectivity index (χ2v) is 7.29. The number of benzene rings is 3. The lowest BCUT2D eigenvalue weighted by molar-refractivity contribution is 0.477. The standard InChI is InChI=1S/C24H26O/c1-16(2)18-5-9-20(10-6-18)22-13-14-24(25)23(15-22)21-11-7-19(8-12-21)17(3)4/h5-17,25H,1-4H3. The summed E-state index contributed by atoms with van der Waals surface area (Å²) in [6, 6.07) is 23.0. The van der Waals surface area contributed by atoms with Crippen LogP contribution in [0.2, 0.25) is 0 Å². The van der Waals surface area contributed by atoms with Crippen molar-refractivity contribution in [3.05, 3.63) is 77.9 Å². The van der Waals surface area contributed by atoms with Crippen molar-refractivity contribution in [1.29, 1.82) is 0 Å². The third kappa shape index (κ3) is 3.76. The zero-order valence-corrected chi connectivity index (χ0v) is 15.5. The van der Waals surface area contributed by atoms with Crippen molar-refractivity contribution in [1.82, 2.24) is 0 Å². The third-order valence-electron chi connectivity index (χ3n) is 4.80. The Morgan fingerprint density at radius 2 is 1.00 bits per heavy atom. The van der Waals surface area contributed by atoms with Crippen LogP contribution in [-0.4, -0.2) is 5.11 Å². The maximum absolute atomic E-state index is 10.3. The van der Waals surface area contributed by atoms with Crippen molar-refractivity contribution >= 4 is 0 Å². The molecule has 1 nitrogen and oxygen atoms in total. The summed E-state index contributed by atoms with van der Waals surface area (Å²) < 4.78 is 0. The largest absolute Gasteiger partial charge is 0.507 e. The second-order valence-electron chi connectivity index (χ2n) is 7.29. The summed E-state index contributed by atoms with van der Waals surface area (Å²) in [6.07, 6.45) is 0. The van der Waals surface area contributed by atoms with Crippen molar-refractivity contribution in [2.45, 2.75) is 39.5 Å². The van der Waals surface area contributed by atoms with E-state index in [4.69, 9.17) is 0 Å². The Hall–Kier alpha value is -2.54. The maximum atomic E-state index is 10.3. The highest BCUT2D eigenvalue weighted by atomic mass is 16.3. The van der Waals surface area contributed by atoms with Crippen LogP contribution in [0.4, 0.5) is 0 Å². The van der Waals surface area contributed by atoms with Gasteiger partial charge in [-0.1, -0.05) is 82.3 Å². The number of aromatic hydroxyl groups is 1. The minimum absolute atomic E-state index is 0.319. The summed E-state index contributed by atoms with van der Waals surface area (Å²) in [6.45, 7) is 8.78. The van der Waals surface area contributed by atoms with Gasteiger partial charge in [-0.25, -0.2) is 0 Å². The molecule has 3 aromatic carbocycles. The normalized spacial score (nSPS) is 11.3. The first-order chi connectivity index (χ1) is 12.0. The van der Waals surface area contributed by atoms with Crippen molar-refractivity contribution < 1.29 is 5.11 Å². The van der Waals surface area contributed by atoms with Gasteiger partial charge in [0.05, 0.1) is 0 Å². The first-order valence-electron chi connectivity index (χ1n) is 8.99. The van der Waals surface area contributed by atoms with Crippen LogP contribution in [0.15, 0.2) is 66.7 Å². The van der Waals surface area contributed by atoms with Gasteiger partial charge in [0.15, 0.2) is 0 Å². The van der Waals surface area contributed by atoms with E-state index in [0.717, 1.165) is 16.7 Å². The Morgan fingerprint density at radius 3 is 1.48 bits per heavy atom. The molecule has 128 valence electrons. The molecule has 0 aliphatic heterocycles. The molecule has 0 saturated heterocycles. The van der Waals surface area contributed by atoms with Gasteiger partial charge in [-0.3, -0.25) is 0 Å². The summed E-state index contributed by atoms with van der Waals surface area (Å²) in [7, 11) is 0. The quantitative estimate of drug-likeness (QED) is 0.547. The van der Waals surface area contributed by atoms with E-state index in [1.807, 2.05) is 6.07 Å². The molecule has 0 aliphatic rings. The molecule has 0 amide bonds. The predicted octanol–water partition coefficient (Wildman–Crippen LogP) is 6.97. The zero-order valence-electron chi connectivity index (χ0n) is 15.5. The smallest absolute Gasteiger partial charge is 0.123 e. The van der Waals surface area contributed by atoms with E-state index >= 15 is 0 Å². The molecular formula is C24H26O. The number of phenols is 1. The van der Waals surface area contributed by atoms with E-state index in [2.05, 4.69) is 82.3 Å². The van der Waals surface area contributed by atoms with Crippen molar-refractivity contribution in [2.75, 3.05) is 0 Å². The van der Waals surface area contributed by atoms with E-state index in [1.54, 1.807) is 6.07 Å². The van der Waals surface area contributed by atoms with E-state index in [9.17, 15) is 5.11 Å². The van der Waals surface area contributed by atoms with Crippen LogP contribution in [0.25, 0.3) is 22.3 Å². The maximum Gasteiger partial charge on any atom is 0.123 e. The van der Waals surface area contributed by atoms with Gasteiger partial charge in [0.25, 0.3) is 0 Å². The van der Waals surface area contributed by atoms with E-state index in [-0.39, 0.29) is 0 Å². The van der Waals surface area contributed by atoms with E-state index in [1.165, 1.54) is 16.7 Å². The monoisotopic (exact) mass is 330 g/mol. The van der Waals surface area contributed by atoms with Crippen molar-refractivity contribution in [2.24, 2.45) is 0 Å². The molecule has 0 aromatic heterocycles. The fourth-order valence-corrected chi connectivity index (χ4v) is 3.05. The first-order valence-corrected chi connectivity index (χ1v) is 8.99. The van der Waals surface area contributed by atoms with Gasteiger partial charge >= 0.3 is 0 Å². The van der Waals surface area contributed by atoms with Crippen molar-refractivity contribution in [3.8, 4) is 28.0 Å². The van der Waals surface area contributed by atoms with Gasteiger partial charge < -0.3 is 5.11 Å². The highest BCUT2D eigenvalue weighted by molar-refractivity contribution is 5.77. The lowest BCUT2D eigenvalue weighted by Gasteiger charge is -2.11. The number of rotatable bonds is 4. The van der Waals surface area contributed by atoms with Crippen LogP contribution in [0.1, 0.15) is 50.7 Å². The Balaban J connectivity index is 1.97. The molecule has 3 rings (SSSR count).